The first-order valence-corrected chi connectivity index (χ1v) is 9.83. The van der Waals surface area contributed by atoms with E-state index in [0.29, 0.717) is 31.5 Å². The first-order chi connectivity index (χ1) is 11.8. The summed E-state index contributed by atoms with van der Waals surface area (Å²) < 4.78 is 30.9. The highest BCUT2D eigenvalue weighted by atomic mass is 32.2. The van der Waals surface area contributed by atoms with Crippen molar-refractivity contribution in [1.82, 2.24) is 24.1 Å². The molecule has 9 heteroatoms. The molecule has 1 aliphatic carbocycles. The molecule has 8 nitrogen and oxygen atoms in total. The summed E-state index contributed by atoms with van der Waals surface area (Å²) in [5.74, 6) is 0.647. The van der Waals surface area contributed by atoms with E-state index in [1.165, 1.54) is 16.9 Å². The highest BCUT2D eigenvalue weighted by Gasteiger charge is 2.28. The van der Waals surface area contributed by atoms with Crippen molar-refractivity contribution in [1.29, 1.82) is 0 Å². The summed E-state index contributed by atoms with van der Waals surface area (Å²) in [4.78, 5) is 16.1. The Kier molecular flexibility index (Phi) is 4.79. The van der Waals surface area contributed by atoms with Gasteiger partial charge in [-0.25, -0.2) is 22.8 Å². The Hall–Kier alpha value is -2.00. The third kappa shape index (κ3) is 3.82. The van der Waals surface area contributed by atoms with Crippen molar-refractivity contribution in [3.63, 3.8) is 0 Å². The van der Waals surface area contributed by atoms with E-state index in [1.54, 1.807) is 24.6 Å². The number of nitrogens with one attached hydrogen (secondary N) is 1. The number of aromatic nitrogens is 4. The molecule has 0 saturated heterocycles. The maximum absolute atomic E-state index is 12.5. The van der Waals surface area contributed by atoms with Gasteiger partial charge in [0.1, 0.15) is 5.82 Å². The van der Waals surface area contributed by atoms with Crippen molar-refractivity contribution in [2.45, 2.75) is 56.6 Å². The Morgan fingerprint density at radius 2 is 1.84 bits per heavy atom. The maximum Gasteiger partial charge on any atom is 0.267 e. The van der Waals surface area contributed by atoms with Gasteiger partial charge in [-0.1, -0.05) is 0 Å². The second kappa shape index (κ2) is 6.72. The number of hydrogen-bond acceptors (Lipinski definition) is 5. The van der Waals surface area contributed by atoms with E-state index in [-0.39, 0.29) is 22.7 Å². The van der Waals surface area contributed by atoms with Crippen LogP contribution in [-0.2, 0) is 17.1 Å². The van der Waals surface area contributed by atoms with Gasteiger partial charge in [-0.2, -0.15) is 5.10 Å². The summed E-state index contributed by atoms with van der Waals surface area (Å²) >= 11 is 0. The smallest absolute Gasteiger partial charge is 0.267 e. The average molecular weight is 365 g/mol. The molecule has 1 saturated carbocycles. The zero-order valence-corrected chi connectivity index (χ0v) is 15.5. The van der Waals surface area contributed by atoms with Crippen LogP contribution in [0.15, 0.2) is 28.2 Å². The summed E-state index contributed by atoms with van der Waals surface area (Å²) in [6.07, 6.45) is 4.27. The molecule has 1 aliphatic rings. The predicted molar refractivity (Wildman–Crippen MR) is 92.8 cm³/mol. The van der Waals surface area contributed by atoms with Gasteiger partial charge in [0.15, 0.2) is 5.03 Å². The largest absolute Gasteiger partial charge is 0.337 e. The average Bonchev–Trinajstić information content (AvgIpc) is 2.90. The lowest BCUT2D eigenvalue weighted by Gasteiger charge is -2.29. The topological polar surface area (TPSA) is 98.9 Å². The molecule has 136 valence electrons. The molecule has 0 aromatic carbocycles. The van der Waals surface area contributed by atoms with Gasteiger partial charge in [0.05, 0.1) is 11.7 Å². The molecule has 0 bridgehead atoms. The van der Waals surface area contributed by atoms with Crippen LogP contribution in [0, 0.1) is 13.8 Å². The van der Waals surface area contributed by atoms with E-state index in [0.717, 1.165) is 5.69 Å². The molecule has 0 aliphatic heterocycles. The van der Waals surface area contributed by atoms with Crippen molar-refractivity contribution in [3.05, 3.63) is 40.2 Å². The fourth-order valence-corrected chi connectivity index (χ4v) is 4.50. The van der Waals surface area contributed by atoms with Crippen molar-refractivity contribution in [3.8, 4) is 0 Å². The van der Waals surface area contributed by atoms with E-state index in [9.17, 15) is 13.2 Å². The molecular formula is C16H23N5O3S. The summed E-state index contributed by atoms with van der Waals surface area (Å²) in [7, 11) is -1.86. The molecule has 2 aromatic heterocycles. The molecular weight excluding hydrogens is 342 g/mol. The van der Waals surface area contributed by atoms with Gasteiger partial charge >= 0.3 is 0 Å². The van der Waals surface area contributed by atoms with Crippen molar-refractivity contribution >= 4 is 10.0 Å². The molecule has 1 fully saturated rings. The first kappa shape index (κ1) is 17.8. The van der Waals surface area contributed by atoms with Crippen LogP contribution >= 0.6 is 0 Å². The van der Waals surface area contributed by atoms with Crippen LogP contribution in [0.25, 0.3) is 0 Å². The van der Waals surface area contributed by atoms with E-state index in [1.807, 2.05) is 6.92 Å². The van der Waals surface area contributed by atoms with Gasteiger partial charge in [0.25, 0.3) is 15.6 Å². The van der Waals surface area contributed by atoms with Crippen LogP contribution in [0.5, 0.6) is 0 Å². The highest BCUT2D eigenvalue weighted by Crippen LogP contribution is 2.27. The third-order valence-corrected chi connectivity index (χ3v) is 6.08. The Balaban J connectivity index is 1.66. The summed E-state index contributed by atoms with van der Waals surface area (Å²) in [6, 6.07) is 3.10. The van der Waals surface area contributed by atoms with Crippen molar-refractivity contribution < 1.29 is 8.42 Å². The van der Waals surface area contributed by atoms with Gasteiger partial charge in [-0.15, -0.1) is 0 Å². The number of aryl methyl sites for hydroxylation is 3. The van der Waals surface area contributed by atoms with Gasteiger partial charge in [-0.05, 0) is 45.6 Å². The molecule has 3 rings (SSSR count). The SMILES string of the molecule is Cc1ccc(=O)n(C2CCC(NS(=O)(=O)c3cn(C)c(C)n3)CC2)n1. The third-order valence-electron chi connectivity index (χ3n) is 4.68. The lowest BCUT2D eigenvalue weighted by molar-refractivity contribution is 0.284. The Bertz CT molecular complexity index is 904. The van der Waals surface area contributed by atoms with Crippen molar-refractivity contribution in [2.24, 2.45) is 7.05 Å². The minimum Gasteiger partial charge on any atom is -0.337 e. The maximum atomic E-state index is 12.5. The lowest BCUT2D eigenvalue weighted by Crippen LogP contribution is -2.39. The minimum atomic E-state index is -3.62. The van der Waals surface area contributed by atoms with E-state index in [2.05, 4.69) is 14.8 Å². The van der Waals surface area contributed by atoms with Gasteiger partial charge in [-0.3, -0.25) is 4.79 Å². The molecule has 1 N–H and O–H groups in total. The summed E-state index contributed by atoms with van der Waals surface area (Å²) in [6.45, 7) is 3.61. The lowest BCUT2D eigenvalue weighted by atomic mass is 9.92. The van der Waals surface area contributed by atoms with Gasteiger partial charge < -0.3 is 4.57 Å². The van der Waals surface area contributed by atoms with Crippen LogP contribution in [0.1, 0.15) is 43.2 Å². The van der Waals surface area contributed by atoms with E-state index >= 15 is 0 Å². The fraction of sp³-hybridized carbons (Fsp3) is 0.562. The molecule has 0 radical (unpaired) electrons. The zero-order chi connectivity index (χ0) is 18.2. The monoisotopic (exact) mass is 365 g/mol. The standard InChI is InChI=1S/C16H23N5O3S/c1-11-4-9-16(22)21(18-11)14-7-5-13(6-8-14)19-25(23,24)15-10-20(3)12(2)17-15/h4,9-10,13-14,19H,5-8H2,1-3H3. The fourth-order valence-electron chi connectivity index (χ4n) is 3.16. The van der Waals surface area contributed by atoms with E-state index in [4.69, 9.17) is 0 Å². The molecule has 25 heavy (non-hydrogen) atoms. The Morgan fingerprint density at radius 1 is 1.16 bits per heavy atom. The molecule has 0 spiro atoms. The molecule has 0 amide bonds. The normalized spacial score (nSPS) is 21.4. The summed E-state index contributed by atoms with van der Waals surface area (Å²) in [5, 5.41) is 4.36. The van der Waals surface area contributed by atoms with Gasteiger partial charge in [0.2, 0.25) is 0 Å². The Labute approximate surface area is 146 Å². The Morgan fingerprint density at radius 3 is 2.44 bits per heavy atom. The van der Waals surface area contributed by atoms with Crippen LogP contribution in [0.3, 0.4) is 0 Å². The van der Waals surface area contributed by atoms with Crippen LogP contribution in [-0.4, -0.2) is 33.8 Å². The molecule has 0 atom stereocenters. The number of sulfonamides is 1. The number of nitrogens with zero attached hydrogens (tertiary/aromatic N) is 4. The quantitative estimate of drug-likeness (QED) is 0.873. The van der Waals surface area contributed by atoms with Crippen molar-refractivity contribution in [2.75, 3.05) is 0 Å². The highest BCUT2D eigenvalue weighted by molar-refractivity contribution is 7.89. The predicted octanol–water partition coefficient (Wildman–Crippen LogP) is 1.06. The number of rotatable bonds is 4. The summed E-state index contributed by atoms with van der Waals surface area (Å²) in [5.41, 5.74) is 0.687. The van der Waals surface area contributed by atoms with E-state index < -0.39 is 10.0 Å². The van der Waals surface area contributed by atoms with Crippen LogP contribution in [0.2, 0.25) is 0 Å². The molecule has 2 heterocycles. The first-order valence-electron chi connectivity index (χ1n) is 8.35. The molecule has 0 unspecified atom stereocenters. The van der Waals surface area contributed by atoms with Crippen LogP contribution < -0.4 is 10.3 Å². The second-order valence-electron chi connectivity index (χ2n) is 6.62. The van der Waals surface area contributed by atoms with Gasteiger partial charge in [0, 0.05) is 25.4 Å². The number of imidazole rings is 1. The van der Waals surface area contributed by atoms with Crippen LogP contribution in [0.4, 0.5) is 0 Å². The number of hydrogen-bond donors (Lipinski definition) is 1. The molecule has 2 aromatic rings. The second-order valence-corrected chi connectivity index (χ2v) is 8.28. The zero-order valence-electron chi connectivity index (χ0n) is 14.6. The minimum absolute atomic E-state index is 0.0187.